The maximum absolute atomic E-state index is 13.4. The topological polar surface area (TPSA) is 79.2 Å². The predicted octanol–water partition coefficient (Wildman–Crippen LogP) is 5.38. The van der Waals surface area contributed by atoms with Gasteiger partial charge in [0.25, 0.3) is 5.91 Å². The molecule has 160 valence electrons. The van der Waals surface area contributed by atoms with Gasteiger partial charge in [-0.15, -0.1) is 0 Å². The third-order valence-corrected chi connectivity index (χ3v) is 5.53. The van der Waals surface area contributed by atoms with Gasteiger partial charge in [0.05, 0.1) is 17.9 Å². The lowest BCUT2D eigenvalue weighted by atomic mass is 10.1. The van der Waals surface area contributed by atoms with Gasteiger partial charge in [0.1, 0.15) is 17.3 Å². The zero-order valence-electron chi connectivity index (χ0n) is 17.2. The Kier molecular flexibility index (Phi) is 6.18. The number of hydrogen-bond acceptors (Lipinski definition) is 4. The number of hydrogen-bond donors (Lipinski definition) is 1. The average Bonchev–Trinajstić information content (AvgIpc) is 3.11. The first-order chi connectivity index (χ1) is 15.5. The summed E-state index contributed by atoms with van der Waals surface area (Å²) in [7, 11) is 0. The van der Waals surface area contributed by atoms with Gasteiger partial charge in [-0.3, -0.25) is 9.69 Å². The largest absolute Gasteiger partial charge is 0.494 e. The number of aromatic carboxylic acids is 1. The number of carboxylic acids is 1. The molecule has 0 aromatic heterocycles. The molecule has 0 aliphatic carbocycles. The third-order valence-electron chi connectivity index (χ3n) is 4.84. The molecule has 0 saturated heterocycles. The van der Waals surface area contributed by atoms with Crippen LogP contribution in [0.15, 0.2) is 88.0 Å². The number of amides is 1. The SMILES string of the molecule is CCOc1ccc(N2C(=O)/C(=C\c3ccc(C(=O)O)cc3)N=C2c2ccccc2Br)cc1. The van der Waals surface area contributed by atoms with Crippen molar-refractivity contribution in [1.82, 2.24) is 0 Å². The maximum atomic E-state index is 13.4. The van der Waals surface area contributed by atoms with E-state index in [9.17, 15) is 9.59 Å². The Morgan fingerprint density at radius 3 is 2.38 bits per heavy atom. The van der Waals surface area contributed by atoms with Crippen LogP contribution in [0, 0.1) is 0 Å². The highest BCUT2D eigenvalue weighted by Gasteiger charge is 2.33. The van der Waals surface area contributed by atoms with Gasteiger partial charge in [-0.2, -0.15) is 0 Å². The molecule has 1 amide bonds. The van der Waals surface area contributed by atoms with E-state index in [0.717, 1.165) is 15.8 Å². The lowest BCUT2D eigenvalue weighted by molar-refractivity contribution is -0.113. The highest BCUT2D eigenvalue weighted by molar-refractivity contribution is 9.10. The number of anilines is 1. The molecule has 0 unspecified atom stereocenters. The molecule has 1 N–H and O–H groups in total. The Morgan fingerprint density at radius 1 is 1.06 bits per heavy atom. The molecular weight excluding hydrogens is 472 g/mol. The van der Waals surface area contributed by atoms with Crippen molar-refractivity contribution >= 4 is 45.4 Å². The number of ether oxygens (including phenoxy) is 1. The van der Waals surface area contributed by atoms with Crippen molar-refractivity contribution in [3.05, 3.63) is 99.7 Å². The summed E-state index contributed by atoms with van der Waals surface area (Å²) in [5.41, 5.74) is 2.56. The molecule has 0 spiro atoms. The molecule has 1 aliphatic heterocycles. The van der Waals surface area contributed by atoms with Crippen LogP contribution in [0.1, 0.15) is 28.4 Å². The molecule has 0 fully saturated rings. The summed E-state index contributed by atoms with van der Waals surface area (Å²) < 4.78 is 6.33. The summed E-state index contributed by atoms with van der Waals surface area (Å²) >= 11 is 3.55. The van der Waals surface area contributed by atoms with Crippen molar-refractivity contribution in [3.63, 3.8) is 0 Å². The second kappa shape index (κ2) is 9.20. The third kappa shape index (κ3) is 4.33. The van der Waals surface area contributed by atoms with Crippen molar-refractivity contribution in [2.75, 3.05) is 11.5 Å². The van der Waals surface area contributed by atoms with Crippen molar-refractivity contribution in [3.8, 4) is 5.75 Å². The molecule has 1 aliphatic rings. The van der Waals surface area contributed by atoms with Gasteiger partial charge in [-0.25, -0.2) is 9.79 Å². The molecule has 6 nitrogen and oxygen atoms in total. The molecule has 0 saturated carbocycles. The van der Waals surface area contributed by atoms with Crippen LogP contribution < -0.4 is 9.64 Å². The lowest BCUT2D eigenvalue weighted by Gasteiger charge is -2.19. The Morgan fingerprint density at radius 2 is 1.75 bits per heavy atom. The van der Waals surface area contributed by atoms with E-state index in [0.29, 0.717) is 23.7 Å². The number of carboxylic acid groups (broad SMARTS) is 1. The van der Waals surface area contributed by atoms with E-state index in [1.807, 2.05) is 55.5 Å². The summed E-state index contributed by atoms with van der Waals surface area (Å²) in [6.45, 7) is 2.47. The van der Waals surface area contributed by atoms with Gasteiger partial charge in [-0.1, -0.05) is 46.3 Å². The number of nitrogens with zero attached hydrogens (tertiary/aromatic N) is 2. The van der Waals surface area contributed by atoms with E-state index in [1.165, 1.54) is 12.1 Å². The van der Waals surface area contributed by atoms with Crippen LogP contribution in [0.25, 0.3) is 6.08 Å². The minimum atomic E-state index is -1.00. The van der Waals surface area contributed by atoms with E-state index in [-0.39, 0.29) is 17.2 Å². The maximum Gasteiger partial charge on any atom is 0.335 e. The number of aliphatic imine (C=N–C) groups is 1. The molecule has 0 radical (unpaired) electrons. The number of carbonyl (C=O) groups excluding carboxylic acids is 1. The van der Waals surface area contributed by atoms with Gasteiger partial charge in [0, 0.05) is 10.0 Å². The van der Waals surface area contributed by atoms with Crippen LogP contribution in [-0.4, -0.2) is 29.4 Å². The van der Waals surface area contributed by atoms with Crippen LogP contribution in [-0.2, 0) is 4.79 Å². The van der Waals surface area contributed by atoms with Gasteiger partial charge in [-0.05, 0) is 61.0 Å². The molecule has 1 heterocycles. The van der Waals surface area contributed by atoms with Gasteiger partial charge in [0.15, 0.2) is 0 Å². The Bertz CT molecular complexity index is 1230. The smallest absolute Gasteiger partial charge is 0.335 e. The van der Waals surface area contributed by atoms with E-state index >= 15 is 0 Å². The highest BCUT2D eigenvalue weighted by Crippen LogP contribution is 2.31. The Hall–Kier alpha value is -3.71. The molecular formula is C25H19BrN2O4. The number of benzene rings is 3. The summed E-state index contributed by atoms with van der Waals surface area (Å²) in [5, 5.41) is 9.09. The minimum absolute atomic E-state index is 0.179. The lowest BCUT2D eigenvalue weighted by Crippen LogP contribution is -2.32. The van der Waals surface area contributed by atoms with Crippen molar-refractivity contribution in [1.29, 1.82) is 0 Å². The van der Waals surface area contributed by atoms with Gasteiger partial charge < -0.3 is 9.84 Å². The first-order valence-electron chi connectivity index (χ1n) is 9.94. The Balaban J connectivity index is 1.77. The molecule has 3 aromatic carbocycles. The minimum Gasteiger partial charge on any atom is -0.494 e. The normalized spacial score (nSPS) is 14.6. The van der Waals surface area contributed by atoms with E-state index in [1.54, 1.807) is 23.1 Å². The molecule has 4 rings (SSSR count). The standard InChI is InChI=1S/C25H19BrN2O4/c1-2-32-19-13-11-18(12-14-19)28-23(20-5-3-4-6-21(20)26)27-22(24(28)29)15-16-7-9-17(10-8-16)25(30)31/h3-15H,2H2,1H3,(H,30,31)/b22-15+. The quantitative estimate of drug-likeness (QED) is 0.470. The van der Waals surface area contributed by atoms with E-state index < -0.39 is 5.97 Å². The van der Waals surface area contributed by atoms with Crippen molar-refractivity contribution in [2.24, 2.45) is 4.99 Å². The van der Waals surface area contributed by atoms with Crippen molar-refractivity contribution < 1.29 is 19.4 Å². The molecule has 32 heavy (non-hydrogen) atoms. The van der Waals surface area contributed by atoms with Gasteiger partial charge >= 0.3 is 5.97 Å². The van der Waals surface area contributed by atoms with Gasteiger partial charge in [0.2, 0.25) is 0 Å². The van der Waals surface area contributed by atoms with Crippen LogP contribution in [0.3, 0.4) is 0 Å². The highest BCUT2D eigenvalue weighted by atomic mass is 79.9. The second-order valence-electron chi connectivity index (χ2n) is 6.94. The van der Waals surface area contributed by atoms with E-state index in [2.05, 4.69) is 20.9 Å². The fourth-order valence-corrected chi connectivity index (χ4v) is 3.78. The van der Waals surface area contributed by atoms with Crippen LogP contribution >= 0.6 is 15.9 Å². The fraction of sp³-hybridized carbons (Fsp3) is 0.0800. The first-order valence-corrected chi connectivity index (χ1v) is 10.7. The van der Waals surface area contributed by atoms with Crippen LogP contribution in [0.5, 0.6) is 5.75 Å². The molecule has 7 heteroatoms. The monoisotopic (exact) mass is 490 g/mol. The summed E-state index contributed by atoms with van der Waals surface area (Å²) in [6, 6.07) is 21.1. The molecule has 0 atom stereocenters. The Labute approximate surface area is 193 Å². The second-order valence-corrected chi connectivity index (χ2v) is 7.79. The predicted molar refractivity (Wildman–Crippen MR) is 127 cm³/mol. The number of halogens is 1. The zero-order chi connectivity index (χ0) is 22.7. The zero-order valence-corrected chi connectivity index (χ0v) is 18.7. The summed E-state index contributed by atoms with van der Waals surface area (Å²) in [4.78, 5) is 30.7. The van der Waals surface area contributed by atoms with Crippen LogP contribution in [0.4, 0.5) is 5.69 Å². The number of rotatable bonds is 6. The summed E-state index contributed by atoms with van der Waals surface area (Å²) in [6.07, 6.45) is 1.65. The molecule has 0 bridgehead atoms. The average molecular weight is 491 g/mol. The van der Waals surface area contributed by atoms with E-state index in [4.69, 9.17) is 9.84 Å². The summed E-state index contributed by atoms with van der Waals surface area (Å²) in [5.74, 6) is -0.0594. The van der Waals surface area contributed by atoms with Crippen molar-refractivity contribution in [2.45, 2.75) is 6.92 Å². The molecule has 3 aromatic rings. The fourth-order valence-electron chi connectivity index (χ4n) is 3.32. The number of amidine groups is 1. The first kappa shape index (κ1) is 21.5. The number of carbonyl (C=O) groups is 2. The van der Waals surface area contributed by atoms with Crippen LogP contribution in [0.2, 0.25) is 0 Å².